The summed E-state index contributed by atoms with van der Waals surface area (Å²) in [4.78, 5) is 4.79. The van der Waals surface area contributed by atoms with Gasteiger partial charge in [0.05, 0.1) is 17.5 Å². The molecule has 2 saturated carbocycles. The molecule has 3 aliphatic rings. The van der Waals surface area contributed by atoms with E-state index in [1.165, 1.54) is 85.8 Å². The molecule has 2 atom stereocenters. The van der Waals surface area contributed by atoms with Gasteiger partial charge in [-0.3, -0.25) is 4.99 Å². The molecule has 1 aliphatic heterocycles. The topological polar surface area (TPSA) is 48.2 Å². The van der Waals surface area contributed by atoms with Crippen molar-refractivity contribution in [2.75, 3.05) is 5.32 Å². The second-order valence-electron chi connectivity index (χ2n) is 13.2. The van der Waals surface area contributed by atoms with Crippen LogP contribution in [0.5, 0.6) is 0 Å². The minimum absolute atomic E-state index is 0.369. The lowest BCUT2D eigenvalue weighted by Crippen LogP contribution is -2.10. The first-order valence-corrected chi connectivity index (χ1v) is 17.2. The van der Waals surface area contributed by atoms with E-state index in [1.54, 1.807) is 0 Å². The molecule has 0 amide bonds. The average Bonchev–Trinajstić information content (AvgIpc) is 3.76. The highest BCUT2D eigenvalue weighted by Gasteiger charge is 2.29. The predicted molar refractivity (Wildman–Crippen MR) is 192 cm³/mol. The van der Waals surface area contributed by atoms with Crippen molar-refractivity contribution >= 4 is 17.0 Å². The van der Waals surface area contributed by atoms with Crippen LogP contribution in [0.1, 0.15) is 121 Å². The van der Waals surface area contributed by atoms with E-state index in [-0.39, 0.29) is 0 Å². The van der Waals surface area contributed by atoms with Gasteiger partial charge in [0.25, 0.3) is 0 Å². The summed E-state index contributed by atoms with van der Waals surface area (Å²) < 4.78 is 0. The van der Waals surface area contributed by atoms with Gasteiger partial charge >= 0.3 is 0 Å². The maximum atomic E-state index is 8.56. The Balaban J connectivity index is 0.000000217. The maximum absolute atomic E-state index is 8.56. The summed E-state index contributed by atoms with van der Waals surface area (Å²) in [5, 5.41) is 12.1. The smallest absolute Gasteiger partial charge is 0.0821 e. The largest absolute Gasteiger partial charge is 0.354 e. The Morgan fingerprint density at radius 2 is 1.68 bits per heavy atom. The summed E-state index contributed by atoms with van der Waals surface area (Å²) in [6.45, 7) is 19.2. The Bertz CT molecular complexity index is 1330. The number of benzene rings is 2. The third kappa shape index (κ3) is 11.6. The first-order chi connectivity index (χ1) is 21.2. The van der Waals surface area contributed by atoms with Crippen LogP contribution >= 0.6 is 0 Å². The SMILES string of the molecule is C=C(Nc1cc(C(=C)C)ccc1CCCC)C1=CCC(C2CC2)=N1.CC1CCCC(C#N)C1.CCCCc1ccccc1C. The molecule has 0 radical (unpaired) electrons. The fourth-order valence-corrected chi connectivity index (χ4v) is 5.89. The van der Waals surface area contributed by atoms with Crippen LogP contribution < -0.4 is 5.32 Å². The van der Waals surface area contributed by atoms with Crippen molar-refractivity contribution in [2.24, 2.45) is 22.7 Å². The van der Waals surface area contributed by atoms with E-state index < -0.39 is 0 Å². The Kier molecular flexibility index (Phi) is 14.7. The van der Waals surface area contributed by atoms with Crippen LogP contribution in [0.2, 0.25) is 0 Å². The van der Waals surface area contributed by atoms with Gasteiger partial charge in [0.15, 0.2) is 0 Å². The summed E-state index contributed by atoms with van der Waals surface area (Å²) in [6.07, 6.45) is 18.0. The highest BCUT2D eigenvalue weighted by molar-refractivity contribution is 5.93. The molecular formula is C41H57N3. The molecule has 0 aromatic heterocycles. The monoisotopic (exact) mass is 591 g/mol. The highest BCUT2D eigenvalue weighted by Crippen LogP contribution is 2.36. The Labute approximate surface area is 269 Å². The quantitative estimate of drug-likeness (QED) is 0.282. The van der Waals surface area contributed by atoms with Gasteiger partial charge in [0.1, 0.15) is 0 Å². The van der Waals surface area contributed by atoms with Crippen molar-refractivity contribution < 1.29 is 0 Å². The molecule has 0 saturated heterocycles. The van der Waals surface area contributed by atoms with Gasteiger partial charge in [-0.15, -0.1) is 0 Å². The van der Waals surface area contributed by atoms with Crippen molar-refractivity contribution in [1.82, 2.24) is 0 Å². The molecule has 236 valence electrons. The Morgan fingerprint density at radius 3 is 2.27 bits per heavy atom. The second-order valence-corrected chi connectivity index (χ2v) is 13.2. The molecule has 2 unspecified atom stereocenters. The number of aliphatic imine (C=N–C) groups is 1. The lowest BCUT2D eigenvalue weighted by molar-refractivity contribution is 0.331. The number of nitrogens with zero attached hydrogens (tertiary/aromatic N) is 2. The second kappa shape index (κ2) is 18.4. The number of rotatable bonds is 11. The van der Waals surface area contributed by atoms with E-state index >= 15 is 0 Å². The van der Waals surface area contributed by atoms with Crippen molar-refractivity contribution in [2.45, 2.75) is 118 Å². The van der Waals surface area contributed by atoms with E-state index in [1.807, 2.05) is 6.92 Å². The first-order valence-electron chi connectivity index (χ1n) is 17.2. The summed E-state index contributed by atoms with van der Waals surface area (Å²) in [5.41, 5.74) is 10.9. The summed E-state index contributed by atoms with van der Waals surface area (Å²) in [6, 6.07) is 17.6. The summed E-state index contributed by atoms with van der Waals surface area (Å²) in [5.74, 6) is 1.90. The van der Waals surface area contributed by atoms with E-state index in [4.69, 9.17) is 10.3 Å². The number of hydrogen-bond acceptors (Lipinski definition) is 3. The number of anilines is 1. The van der Waals surface area contributed by atoms with Crippen LogP contribution in [0, 0.1) is 36.0 Å². The minimum atomic E-state index is 0.369. The molecule has 44 heavy (non-hydrogen) atoms. The molecule has 2 aliphatic carbocycles. The van der Waals surface area contributed by atoms with Crippen LogP contribution in [0.25, 0.3) is 5.57 Å². The van der Waals surface area contributed by atoms with E-state index in [0.29, 0.717) is 5.92 Å². The molecule has 3 nitrogen and oxygen atoms in total. The Morgan fingerprint density at radius 1 is 0.977 bits per heavy atom. The maximum Gasteiger partial charge on any atom is 0.0821 e. The predicted octanol–water partition coefficient (Wildman–Crippen LogP) is 11.8. The van der Waals surface area contributed by atoms with Crippen molar-refractivity contribution in [3.8, 4) is 6.07 Å². The fraction of sp³-hybridized carbons (Fsp3) is 0.512. The van der Waals surface area contributed by atoms with Gasteiger partial charge in [-0.05, 0) is 105 Å². The minimum Gasteiger partial charge on any atom is -0.354 e. The molecule has 2 aromatic rings. The average molecular weight is 592 g/mol. The van der Waals surface area contributed by atoms with Crippen LogP contribution in [-0.2, 0) is 12.8 Å². The zero-order valence-corrected chi connectivity index (χ0v) is 28.4. The van der Waals surface area contributed by atoms with Crippen LogP contribution in [0.3, 0.4) is 0 Å². The zero-order chi connectivity index (χ0) is 31.9. The molecule has 0 spiro atoms. The summed E-state index contributed by atoms with van der Waals surface area (Å²) >= 11 is 0. The standard InChI is InChI=1S/C22H28N2.C11H16.C8H13N/c1-5-6-7-17-10-11-19(15(2)3)14-22(17)23-16(4)20-12-13-21(24-20)18-8-9-18;1-3-4-8-11-9-6-5-7-10(11)2;1-7-3-2-4-8(5-7)6-9/h10-12,14,18,23H,2,4-9,13H2,1,3H3;5-7,9H,3-4,8H2,1-2H3;7-8H,2-5H2,1H3. The molecule has 2 aromatic carbocycles. The van der Waals surface area contributed by atoms with Crippen molar-refractivity contribution in [1.29, 1.82) is 5.26 Å². The zero-order valence-electron chi connectivity index (χ0n) is 28.4. The Hall–Kier alpha value is -3.38. The number of nitriles is 1. The summed E-state index contributed by atoms with van der Waals surface area (Å²) in [7, 11) is 0. The first kappa shape index (κ1) is 35.1. The number of nitrogens with one attached hydrogen (secondary N) is 1. The molecule has 1 heterocycles. The van der Waals surface area contributed by atoms with Crippen LogP contribution in [0.4, 0.5) is 5.69 Å². The van der Waals surface area contributed by atoms with Crippen molar-refractivity contribution in [3.05, 3.63) is 95.3 Å². The molecule has 5 rings (SSSR count). The molecule has 3 heteroatoms. The van der Waals surface area contributed by atoms with Crippen LogP contribution in [-0.4, -0.2) is 5.71 Å². The molecular weight excluding hydrogens is 534 g/mol. The van der Waals surface area contributed by atoms with Gasteiger partial charge < -0.3 is 5.32 Å². The van der Waals surface area contributed by atoms with Gasteiger partial charge in [0, 0.05) is 23.7 Å². The van der Waals surface area contributed by atoms with E-state index in [9.17, 15) is 0 Å². The number of aryl methyl sites for hydroxylation is 3. The van der Waals surface area contributed by atoms with Crippen LogP contribution in [0.15, 0.2) is 78.1 Å². The highest BCUT2D eigenvalue weighted by atomic mass is 15.0. The van der Waals surface area contributed by atoms with E-state index in [0.717, 1.165) is 60.2 Å². The fourth-order valence-electron chi connectivity index (χ4n) is 5.89. The van der Waals surface area contributed by atoms with Gasteiger partial charge in [-0.1, -0.05) is 108 Å². The third-order valence-corrected chi connectivity index (χ3v) is 8.99. The molecule has 2 fully saturated rings. The number of unbranched alkanes of at least 4 members (excludes halogenated alkanes) is 2. The third-order valence-electron chi connectivity index (χ3n) is 8.99. The molecule has 1 N–H and O–H groups in total. The lowest BCUT2D eigenvalue weighted by Gasteiger charge is -2.20. The van der Waals surface area contributed by atoms with Gasteiger partial charge in [0.2, 0.25) is 0 Å². The van der Waals surface area contributed by atoms with Gasteiger partial charge in [-0.25, -0.2) is 0 Å². The normalized spacial score (nSPS) is 18.8. The van der Waals surface area contributed by atoms with Crippen molar-refractivity contribution in [3.63, 3.8) is 0 Å². The number of allylic oxidation sites excluding steroid dienone is 2. The number of hydrogen-bond donors (Lipinski definition) is 1. The lowest BCUT2D eigenvalue weighted by atomic mass is 9.83. The van der Waals surface area contributed by atoms with E-state index in [2.05, 4.69) is 101 Å². The molecule has 0 bridgehead atoms. The van der Waals surface area contributed by atoms with Gasteiger partial charge in [-0.2, -0.15) is 5.26 Å².